The second-order valence-corrected chi connectivity index (χ2v) is 14.5. The van der Waals surface area contributed by atoms with Crippen molar-refractivity contribution >= 4 is 53.6 Å². The van der Waals surface area contributed by atoms with Crippen LogP contribution in [-0.2, 0) is 5.41 Å². The Balaban J connectivity index is 1.17. The van der Waals surface area contributed by atoms with Crippen LogP contribution in [0.4, 0.5) is 0 Å². The van der Waals surface area contributed by atoms with Crippen molar-refractivity contribution in [3.63, 3.8) is 0 Å². The summed E-state index contributed by atoms with van der Waals surface area (Å²) >= 11 is 1.76. The molecule has 0 spiro atoms. The summed E-state index contributed by atoms with van der Waals surface area (Å²) in [5, 5.41) is 3.38. The summed E-state index contributed by atoms with van der Waals surface area (Å²) in [5.74, 6) is 0.702. The molecular weight excluding hydrogens is 629 g/mol. The first-order chi connectivity index (χ1) is 24.7. The predicted octanol–water partition coefficient (Wildman–Crippen LogP) is 13.2. The minimum absolute atomic E-state index is 0.0309. The second-order valence-electron chi connectivity index (χ2n) is 13.5. The van der Waals surface area contributed by atoms with Gasteiger partial charge in [-0.05, 0) is 58.9 Å². The number of furan rings is 1. The van der Waals surface area contributed by atoms with Gasteiger partial charge >= 0.3 is 0 Å². The third-order valence-electron chi connectivity index (χ3n) is 10.9. The first-order valence-electron chi connectivity index (χ1n) is 17.6. The SMILES string of the molecule is CCCC1(CC)c2ccccc2-c2cccc(-c3cccc4c3oc3cc(-c5nc(-c6ccccc6)c6sc7ccccc7c6n5)ccc34)c21. The van der Waals surface area contributed by atoms with Crippen molar-refractivity contribution in [2.75, 3.05) is 0 Å². The molecule has 9 aromatic rings. The molecule has 0 aliphatic heterocycles. The maximum absolute atomic E-state index is 6.90. The van der Waals surface area contributed by atoms with E-state index in [9.17, 15) is 0 Å². The van der Waals surface area contributed by atoms with Gasteiger partial charge in [0.05, 0.1) is 15.9 Å². The topological polar surface area (TPSA) is 38.9 Å². The van der Waals surface area contributed by atoms with E-state index in [4.69, 9.17) is 14.4 Å². The average Bonchev–Trinajstić information content (AvgIpc) is 3.83. The summed E-state index contributed by atoms with van der Waals surface area (Å²) < 4.78 is 9.23. The molecule has 10 rings (SSSR count). The highest BCUT2D eigenvalue weighted by molar-refractivity contribution is 7.26. The lowest BCUT2D eigenvalue weighted by Crippen LogP contribution is -2.24. The molecule has 0 N–H and O–H groups in total. The Morgan fingerprint density at radius 1 is 0.620 bits per heavy atom. The Labute approximate surface area is 294 Å². The van der Waals surface area contributed by atoms with E-state index in [2.05, 4.69) is 141 Å². The zero-order chi connectivity index (χ0) is 33.4. The predicted molar refractivity (Wildman–Crippen MR) is 210 cm³/mol. The highest BCUT2D eigenvalue weighted by Gasteiger charge is 2.43. The van der Waals surface area contributed by atoms with Gasteiger partial charge in [0.1, 0.15) is 11.2 Å². The van der Waals surface area contributed by atoms with E-state index in [1.165, 1.54) is 32.5 Å². The fourth-order valence-corrected chi connectivity index (χ4v) is 9.83. The van der Waals surface area contributed by atoms with Crippen LogP contribution in [-0.4, -0.2) is 9.97 Å². The van der Waals surface area contributed by atoms with Crippen LogP contribution in [0.5, 0.6) is 0 Å². The van der Waals surface area contributed by atoms with Crippen molar-refractivity contribution in [3.05, 3.63) is 145 Å². The van der Waals surface area contributed by atoms with E-state index in [0.29, 0.717) is 5.82 Å². The van der Waals surface area contributed by atoms with Crippen molar-refractivity contribution in [1.82, 2.24) is 9.97 Å². The summed E-state index contributed by atoms with van der Waals surface area (Å²) in [7, 11) is 0. The summed E-state index contributed by atoms with van der Waals surface area (Å²) in [6, 6.07) is 47.9. The van der Waals surface area contributed by atoms with Crippen LogP contribution < -0.4 is 0 Å². The lowest BCUT2D eigenvalue weighted by Gasteiger charge is -2.32. The van der Waals surface area contributed by atoms with Gasteiger partial charge < -0.3 is 4.42 Å². The van der Waals surface area contributed by atoms with Gasteiger partial charge in [-0.25, -0.2) is 9.97 Å². The zero-order valence-corrected chi connectivity index (χ0v) is 28.9. The molecule has 1 aliphatic carbocycles. The summed E-state index contributed by atoms with van der Waals surface area (Å²) in [5.41, 5.74) is 13.8. The van der Waals surface area contributed by atoms with Gasteiger partial charge in [0.2, 0.25) is 0 Å². The summed E-state index contributed by atoms with van der Waals surface area (Å²) in [6.07, 6.45) is 3.28. The Morgan fingerprint density at radius 2 is 1.34 bits per heavy atom. The second kappa shape index (κ2) is 11.2. The molecular formula is C46H34N2OS. The summed E-state index contributed by atoms with van der Waals surface area (Å²) in [4.78, 5) is 10.4. The van der Waals surface area contributed by atoms with Gasteiger partial charge in [-0.2, -0.15) is 0 Å². The van der Waals surface area contributed by atoms with Crippen LogP contribution in [0.2, 0.25) is 0 Å². The van der Waals surface area contributed by atoms with Crippen molar-refractivity contribution in [2.24, 2.45) is 0 Å². The van der Waals surface area contributed by atoms with E-state index >= 15 is 0 Å². The fourth-order valence-electron chi connectivity index (χ4n) is 8.68. The largest absolute Gasteiger partial charge is 0.455 e. The number of hydrogen-bond acceptors (Lipinski definition) is 4. The maximum atomic E-state index is 6.90. The maximum Gasteiger partial charge on any atom is 0.160 e. The quantitative estimate of drug-likeness (QED) is 0.178. The molecule has 240 valence electrons. The molecule has 3 heterocycles. The lowest BCUT2D eigenvalue weighted by molar-refractivity contribution is 0.462. The van der Waals surface area contributed by atoms with Crippen LogP contribution in [0.25, 0.3) is 87.1 Å². The molecule has 0 saturated heterocycles. The van der Waals surface area contributed by atoms with E-state index in [1.807, 2.05) is 6.07 Å². The molecule has 1 unspecified atom stereocenters. The molecule has 1 aliphatic rings. The Kier molecular flexibility index (Phi) is 6.59. The highest BCUT2D eigenvalue weighted by atomic mass is 32.1. The molecule has 6 aromatic carbocycles. The number of nitrogens with zero attached hydrogens (tertiary/aromatic N) is 2. The smallest absolute Gasteiger partial charge is 0.160 e. The number of benzene rings is 6. The van der Waals surface area contributed by atoms with Gasteiger partial charge in [0.15, 0.2) is 5.82 Å². The number of rotatable bonds is 6. The molecule has 1 atom stereocenters. The van der Waals surface area contributed by atoms with Crippen LogP contribution in [0.15, 0.2) is 138 Å². The average molecular weight is 663 g/mol. The fraction of sp³-hybridized carbons (Fsp3) is 0.130. The Hall–Kier alpha value is -5.58. The van der Waals surface area contributed by atoms with Crippen LogP contribution in [0.3, 0.4) is 0 Å². The molecule has 0 fully saturated rings. The van der Waals surface area contributed by atoms with Crippen LogP contribution in [0, 0.1) is 0 Å². The monoisotopic (exact) mass is 662 g/mol. The van der Waals surface area contributed by atoms with Crippen LogP contribution in [0.1, 0.15) is 44.2 Å². The molecule has 3 nitrogen and oxygen atoms in total. The van der Waals surface area contributed by atoms with Gasteiger partial charge in [-0.3, -0.25) is 0 Å². The highest BCUT2D eigenvalue weighted by Crippen LogP contribution is 2.56. The third-order valence-corrected chi connectivity index (χ3v) is 12.0. The molecule has 3 aromatic heterocycles. The van der Waals surface area contributed by atoms with Gasteiger partial charge in [0, 0.05) is 43.0 Å². The number of fused-ring (bicyclic) bond motifs is 9. The number of thiophene rings is 1. The van der Waals surface area contributed by atoms with Crippen molar-refractivity contribution in [1.29, 1.82) is 0 Å². The first-order valence-corrected chi connectivity index (χ1v) is 18.4. The third kappa shape index (κ3) is 4.15. The van der Waals surface area contributed by atoms with Gasteiger partial charge in [0.25, 0.3) is 0 Å². The standard InChI is InChI=1S/C46H34N2OS/c1-3-26-46(4-2)37-22-10-8-16-30(37)32-18-12-19-33(40(32)46)35-21-13-20-34-31-25-24-29(27-38(31)49-43(34)35)45-47-41(28-14-6-5-7-15-28)44-42(48-45)36-17-9-11-23-39(36)50-44/h5-25,27H,3-4,26H2,1-2H3. The number of para-hydroxylation sites is 1. The minimum Gasteiger partial charge on any atom is -0.455 e. The van der Waals surface area contributed by atoms with Crippen molar-refractivity contribution in [3.8, 4) is 44.9 Å². The molecule has 0 amide bonds. The normalized spacial score (nSPS) is 15.3. The molecule has 4 heteroatoms. The minimum atomic E-state index is -0.0309. The van der Waals surface area contributed by atoms with Gasteiger partial charge in [-0.1, -0.05) is 136 Å². The van der Waals surface area contributed by atoms with E-state index < -0.39 is 0 Å². The van der Waals surface area contributed by atoms with E-state index in [1.54, 1.807) is 11.3 Å². The van der Waals surface area contributed by atoms with Crippen molar-refractivity contribution < 1.29 is 4.42 Å². The van der Waals surface area contributed by atoms with E-state index in [-0.39, 0.29) is 5.41 Å². The number of hydrogen-bond donors (Lipinski definition) is 0. The molecule has 0 bridgehead atoms. The molecule has 0 saturated carbocycles. The van der Waals surface area contributed by atoms with E-state index in [0.717, 1.165) is 79.2 Å². The Morgan fingerprint density at radius 3 is 2.20 bits per heavy atom. The summed E-state index contributed by atoms with van der Waals surface area (Å²) in [6.45, 7) is 4.66. The van der Waals surface area contributed by atoms with Crippen LogP contribution >= 0.6 is 11.3 Å². The van der Waals surface area contributed by atoms with Gasteiger partial charge in [-0.15, -0.1) is 11.3 Å². The molecule has 0 radical (unpaired) electrons. The molecule has 50 heavy (non-hydrogen) atoms. The van der Waals surface area contributed by atoms with Crippen molar-refractivity contribution in [2.45, 2.75) is 38.5 Å². The zero-order valence-electron chi connectivity index (χ0n) is 28.0. The lowest BCUT2D eigenvalue weighted by atomic mass is 9.70. The Bertz CT molecular complexity index is 2770. The first kappa shape index (κ1) is 29.3. The number of aromatic nitrogens is 2.